The molecule has 1 N–H and O–H groups in total. The third kappa shape index (κ3) is 2.73. The van der Waals surface area contributed by atoms with Crippen molar-refractivity contribution in [3.63, 3.8) is 0 Å². The van der Waals surface area contributed by atoms with Crippen molar-refractivity contribution in [1.82, 2.24) is 5.32 Å². The lowest BCUT2D eigenvalue weighted by molar-refractivity contribution is -0.136. The first-order valence-electron chi connectivity index (χ1n) is 7.43. The number of ketones is 1. The van der Waals surface area contributed by atoms with Gasteiger partial charge in [-0.25, -0.2) is 0 Å². The summed E-state index contributed by atoms with van der Waals surface area (Å²) in [7, 11) is 0. The first-order chi connectivity index (χ1) is 8.18. The number of hydrogen-bond donors (Lipinski definition) is 1. The Labute approximate surface area is 106 Å². The fourth-order valence-corrected chi connectivity index (χ4v) is 3.63. The molecule has 1 saturated carbocycles. The summed E-state index contributed by atoms with van der Waals surface area (Å²) in [6, 6.07) is 0. The van der Waals surface area contributed by atoms with E-state index in [1.54, 1.807) is 0 Å². The van der Waals surface area contributed by atoms with Crippen LogP contribution in [0.1, 0.15) is 58.8 Å². The second-order valence-electron chi connectivity index (χ2n) is 6.20. The van der Waals surface area contributed by atoms with Gasteiger partial charge in [0.1, 0.15) is 5.78 Å². The second kappa shape index (κ2) is 5.51. The molecule has 2 aliphatic rings. The van der Waals surface area contributed by atoms with Gasteiger partial charge in [-0.1, -0.05) is 26.7 Å². The zero-order chi connectivity index (χ0) is 12.3. The molecule has 1 heterocycles. The summed E-state index contributed by atoms with van der Waals surface area (Å²) >= 11 is 0. The fraction of sp³-hybridized carbons (Fsp3) is 0.933. The maximum atomic E-state index is 12.8. The van der Waals surface area contributed by atoms with Crippen molar-refractivity contribution in [2.24, 2.45) is 17.3 Å². The van der Waals surface area contributed by atoms with Gasteiger partial charge in [-0.3, -0.25) is 4.79 Å². The van der Waals surface area contributed by atoms with Crippen LogP contribution in [0.4, 0.5) is 0 Å². The summed E-state index contributed by atoms with van der Waals surface area (Å²) in [5.74, 6) is 1.82. The standard InChI is InChI=1S/C15H27NO/c1-3-15(8-10-16-11-9-15)14(17)13-6-4-12(2)5-7-13/h12-13,16H,3-11H2,1-2H3. The van der Waals surface area contributed by atoms with Crippen molar-refractivity contribution in [2.45, 2.75) is 58.8 Å². The maximum absolute atomic E-state index is 12.8. The van der Waals surface area contributed by atoms with Crippen LogP contribution < -0.4 is 5.32 Å². The van der Waals surface area contributed by atoms with Gasteiger partial charge in [-0.05, 0) is 51.1 Å². The van der Waals surface area contributed by atoms with Crippen LogP contribution in [0.5, 0.6) is 0 Å². The third-order valence-corrected chi connectivity index (χ3v) is 5.15. The molecule has 2 rings (SSSR count). The minimum Gasteiger partial charge on any atom is -0.317 e. The molecule has 0 bridgehead atoms. The van der Waals surface area contributed by atoms with Crippen molar-refractivity contribution >= 4 is 5.78 Å². The zero-order valence-corrected chi connectivity index (χ0v) is 11.4. The fourth-order valence-electron chi connectivity index (χ4n) is 3.63. The average molecular weight is 237 g/mol. The van der Waals surface area contributed by atoms with E-state index in [1.807, 2.05) is 0 Å². The minimum atomic E-state index is 0.0243. The third-order valence-electron chi connectivity index (χ3n) is 5.15. The summed E-state index contributed by atoms with van der Waals surface area (Å²) in [5, 5.41) is 3.39. The molecule has 98 valence electrons. The Morgan fingerprint density at radius 3 is 2.29 bits per heavy atom. The summed E-state index contributed by atoms with van der Waals surface area (Å²) in [6.07, 6.45) is 7.98. The van der Waals surface area contributed by atoms with Crippen LogP contribution in [0.3, 0.4) is 0 Å². The van der Waals surface area contributed by atoms with Crippen LogP contribution in [0.25, 0.3) is 0 Å². The lowest BCUT2D eigenvalue weighted by Gasteiger charge is -2.39. The van der Waals surface area contributed by atoms with E-state index in [0.717, 1.165) is 51.1 Å². The Kier molecular flexibility index (Phi) is 4.24. The summed E-state index contributed by atoms with van der Waals surface area (Å²) in [6.45, 7) is 6.58. The predicted octanol–water partition coefficient (Wildman–Crippen LogP) is 3.16. The summed E-state index contributed by atoms with van der Waals surface area (Å²) < 4.78 is 0. The highest BCUT2D eigenvalue weighted by atomic mass is 16.1. The summed E-state index contributed by atoms with van der Waals surface area (Å²) in [5.41, 5.74) is 0.0243. The van der Waals surface area contributed by atoms with Crippen molar-refractivity contribution in [1.29, 1.82) is 0 Å². The van der Waals surface area contributed by atoms with Crippen LogP contribution in [-0.2, 0) is 4.79 Å². The highest BCUT2D eigenvalue weighted by molar-refractivity contribution is 5.87. The Balaban J connectivity index is 2.01. The minimum absolute atomic E-state index is 0.0243. The van der Waals surface area contributed by atoms with Gasteiger partial charge < -0.3 is 5.32 Å². The summed E-state index contributed by atoms with van der Waals surface area (Å²) in [4.78, 5) is 12.8. The molecule has 1 aliphatic carbocycles. The van der Waals surface area contributed by atoms with Crippen LogP contribution in [0.15, 0.2) is 0 Å². The first-order valence-corrected chi connectivity index (χ1v) is 7.43. The second-order valence-corrected chi connectivity index (χ2v) is 6.20. The molecule has 0 atom stereocenters. The van der Waals surface area contributed by atoms with E-state index in [1.165, 1.54) is 12.8 Å². The van der Waals surface area contributed by atoms with E-state index in [0.29, 0.717) is 11.7 Å². The number of carbonyl (C=O) groups excluding carboxylic acids is 1. The molecule has 0 radical (unpaired) electrons. The predicted molar refractivity (Wildman–Crippen MR) is 71.0 cm³/mol. The Bertz CT molecular complexity index is 260. The van der Waals surface area contributed by atoms with Crippen molar-refractivity contribution < 1.29 is 4.79 Å². The van der Waals surface area contributed by atoms with Gasteiger partial charge in [0, 0.05) is 11.3 Å². The lowest BCUT2D eigenvalue weighted by Crippen LogP contribution is -2.45. The SMILES string of the molecule is CCC1(C(=O)C2CCC(C)CC2)CCNCC1. The van der Waals surface area contributed by atoms with Gasteiger partial charge in [0.2, 0.25) is 0 Å². The van der Waals surface area contributed by atoms with Gasteiger partial charge in [0.15, 0.2) is 0 Å². The number of Topliss-reactive ketones (excluding diaryl/α,β-unsaturated/α-hetero) is 1. The average Bonchev–Trinajstić information content (AvgIpc) is 2.39. The van der Waals surface area contributed by atoms with E-state index in [2.05, 4.69) is 19.2 Å². The van der Waals surface area contributed by atoms with Gasteiger partial charge >= 0.3 is 0 Å². The number of carbonyl (C=O) groups is 1. The zero-order valence-electron chi connectivity index (χ0n) is 11.4. The van der Waals surface area contributed by atoms with E-state index < -0.39 is 0 Å². The van der Waals surface area contributed by atoms with E-state index in [-0.39, 0.29) is 5.41 Å². The largest absolute Gasteiger partial charge is 0.317 e. The number of rotatable bonds is 3. The molecule has 17 heavy (non-hydrogen) atoms. The molecule has 2 heteroatoms. The molecular weight excluding hydrogens is 210 g/mol. The quantitative estimate of drug-likeness (QED) is 0.817. The van der Waals surface area contributed by atoms with E-state index >= 15 is 0 Å². The smallest absolute Gasteiger partial charge is 0.142 e. The molecule has 2 fully saturated rings. The van der Waals surface area contributed by atoms with Gasteiger partial charge in [-0.15, -0.1) is 0 Å². The molecule has 0 spiro atoms. The topological polar surface area (TPSA) is 29.1 Å². The molecule has 0 aromatic carbocycles. The van der Waals surface area contributed by atoms with Crippen molar-refractivity contribution in [3.05, 3.63) is 0 Å². The Morgan fingerprint density at radius 1 is 1.18 bits per heavy atom. The molecule has 0 unspecified atom stereocenters. The molecule has 0 aromatic rings. The first kappa shape index (κ1) is 13.1. The van der Waals surface area contributed by atoms with Gasteiger partial charge in [0.25, 0.3) is 0 Å². The number of nitrogens with one attached hydrogen (secondary N) is 1. The van der Waals surface area contributed by atoms with Crippen LogP contribution in [0.2, 0.25) is 0 Å². The van der Waals surface area contributed by atoms with E-state index in [4.69, 9.17) is 0 Å². The highest BCUT2D eigenvalue weighted by Crippen LogP contribution is 2.40. The lowest BCUT2D eigenvalue weighted by atomic mass is 9.66. The molecule has 2 nitrogen and oxygen atoms in total. The van der Waals surface area contributed by atoms with Gasteiger partial charge in [-0.2, -0.15) is 0 Å². The maximum Gasteiger partial charge on any atom is 0.142 e. The monoisotopic (exact) mass is 237 g/mol. The molecule has 0 aromatic heterocycles. The molecule has 0 amide bonds. The van der Waals surface area contributed by atoms with Crippen molar-refractivity contribution in [2.75, 3.05) is 13.1 Å². The highest BCUT2D eigenvalue weighted by Gasteiger charge is 2.41. The van der Waals surface area contributed by atoms with E-state index in [9.17, 15) is 4.79 Å². The number of hydrogen-bond acceptors (Lipinski definition) is 2. The van der Waals surface area contributed by atoms with Crippen LogP contribution in [0, 0.1) is 17.3 Å². The van der Waals surface area contributed by atoms with Crippen molar-refractivity contribution in [3.8, 4) is 0 Å². The normalized spacial score (nSPS) is 33.3. The number of piperidine rings is 1. The molecular formula is C15H27NO. The Morgan fingerprint density at radius 2 is 1.76 bits per heavy atom. The van der Waals surface area contributed by atoms with Crippen LogP contribution >= 0.6 is 0 Å². The van der Waals surface area contributed by atoms with Crippen LogP contribution in [-0.4, -0.2) is 18.9 Å². The molecule has 1 saturated heterocycles. The Hall–Kier alpha value is -0.370. The van der Waals surface area contributed by atoms with Gasteiger partial charge in [0.05, 0.1) is 0 Å². The molecule has 1 aliphatic heterocycles.